The number of hydrogen-bond acceptors (Lipinski definition) is 5. The molecule has 1 aliphatic rings. The van der Waals surface area contributed by atoms with E-state index in [9.17, 15) is 4.79 Å². The Morgan fingerprint density at radius 2 is 2.60 bits per heavy atom. The van der Waals surface area contributed by atoms with Crippen LogP contribution < -0.4 is 10.6 Å². The number of amides is 1. The van der Waals surface area contributed by atoms with Crippen LogP contribution in [0.4, 0.5) is 0 Å². The van der Waals surface area contributed by atoms with E-state index in [1.165, 1.54) is 6.20 Å². The van der Waals surface area contributed by atoms with Crippen molar-refractivity contribution in [2.75, 3.05) is 13.1 Å². The van der Waals surface area contributed by atoms with Gasteiger partial charge in [-0.05, 0) is 37.0 Å². The first-order valence-corrected chi connectivity index (χ1v) is 5.83. The SMILES string of the molecule is CC1CNCCC1NC(=O)c1cnns1. The Kier molecular flexibility index (Phi) is 3.27. The molecule has 15 heavy (non-hydrogen) atoms. The van der Waals surface area contributed by atoms with Gasteiger partial charge in [0.1, 0.15) is 4.88 Å². The van der Waals surface area contributed by atoms with E-state index < -0.39 is 0 Å². The number of hydrogen-bond donors (Lipinski definition) is 2. The van der Waals surface area contributed by atoms with Gasteiger partial charge in [0.25, 0.3) is 5.91 Å². The third kappa shape index (κ3) is 2.51. The second kappa shape index (κ2) is 4.67. The number of carbonyl (C=O) groups is 1. The molecule has 0 saturated carbocycles. The number of nitrogens with one attached hydrogen (secondary N) is 2. The Bertz CT molecular complexity index is 327. The second-order valence-corrected chi connectivity index (χ2v) is 4.62. The molecule has 1 aromatic rings. The highest BCUT2D eigenvalue weighted by Crippen LogP contribution is 2.11. The van der Waals surface area contributed by atoms with Crippen molar-refractivity contribution < 1.29 is 4.79 Å². The third-order valence-electron chi connectivity index (χ3n) is 2.69. The van der Waals surface area contributed by atoms with Gasteiger partial charge in [-0.1, -0.05) is 11.4 Å². The molecule has 6 heteroatoms. The van der Waals surface area contributed by atoms with Gasteiger partial charge < -0.3 is 10.6 Å². The highest BCUT2D eigenvalue weighted by molar-refractivity contribution is 7.07. The normalized spacial score (nSPS) is 26.2. The van der Waals surface area contributed by atoms with Gasteiger partial charge in [-0.25, -0.2) is 0 Å². The van der Waals surface area contributed by atoms with E-state index in [1.807, 2.05) is 0 Å². The van der Waals surface area contributed by atoms with Crippen LogP contribution >= 0.6 is 11.5 Å². The van der Waals surface area contributed by atoms with Crippen molar-refractivity contribution in [3.63, 3.8) is 0 Å². The number of aromatic nitrogens is 2. The van der Waals surface area contributed by atoms with Gasteiger partial charge in [0.15, 0.2) is 0 Å². The fraction of sp³-hybridized carbons (Fsp3) is 0.667. The van der Waals surface area contributed by atoms with Crippen LogP contribution in [0.2, 0.25) is 0 Å². The van der Waals surface area contributed by atoms with Crippen LogP contribution in [0, 0.1) is 5.92 Å². The fourth-order valence-electron chi connectivity index (χ4n) is 1.74. The minimum Gasteiger partial charge on any atom is -0.348 e. The van der Waals surface area contributed by atoms with Crippen LogP contribution in [0.3, 0.4) is 0 Å². The first-order valence-electron chi connectivity index (χ1n) is 5.06. The van der Waals surface area contributed by atoms with Gasteiger partial charge >= 0.3 is 0 Å². The number of nitrogens with zero attached hydrogens (tertiary/aromatic N) is 2. The summed E-state index contributed by atoms with van der Waals surface area (Å²) in [7, 11) is 0. The molecule has 2 N–H and O–H groups in total. The van der Waals surface area contributed by atoms with E-state index in [2.05, 4.69) is 27.1 Å². The van der Waals surface area contributed by atoms with E-state index in [0.717, 1.165) is 31.0 Å². The van der Waals surface area contributed by atoms with Crippen molar-refractivity contribution in [2.45, 2.75) is 19.4 Å². The van der Waals surface area contributed by atoms with Crippen LogP contribution in [-0.4, -0.2) is 34.6 Å². The highest BCUT2D eigenvalue weighted by Gasteiger charge is 2.23. The van der Waals surface area contributed by atoms with Gasteiger partial charge in [0.2, 0.25) is 0 Å². The lowest BCUT2D eigenvalue weighted by molar-refractivity contribution is 0.0918. The van der Waals surface area contributed by atoms with Crippen molar-refractivity contribution in [3.8, 4) is 0 Å². The summed E-state index contributed by atoms with van der Waals surface area (Å²) in [5.74, 6) is 0.423. The lowest BCUT2D eigenvalue weighted by Gasteiger charge is -2.29. The summed E-state index contributed by atoms with van der Waals surface area (Å²) in [5, 5.41) is 9.97. The molecule has 0 spiro atoms. The van der Waals surface area contributed by atoms with Gasteiger partial charge in [0, 0.05) is 6.04 Å². The lowest BCUT2D eigenvalue weighted by atomic mass is 9.95. The minimum atomic E-state index is -0.0521. The number of piperidine rings is 1. The van der Waals surface area contributed by atoms with E-state index in [4.69, 9.17) is 0 Å². The van der Waals surface area contributed by atoms with Gasteiger partial charge in [-0.3, -0.25) is 4.79 Å². The zero-order chi connectivity index (χ0) is 10.7. The molecule has 1 amide bonds. The summed E-state index contributed by atoms with van der Waals surface area (Å²) in [4.78, 5) is 12.3. The van der Waals surface area contributed by atoms with Crippen LogP contribution in [-0.2, 0) is 0 Å². The quantitative estimate of drug-likeness (QED) is 0.759. The minimum absolute atomic E-state index is 0.0521. The molecule has 2 unspecified atom stereocenters. The molecular weight excluding hydrogens is 212 g/mol. The van der Waals surface area contributed by atoms with E-state index in [0.29, 0.717) is 10.8 Å². The molecule has 0 aromatic carbocycles. The van der Waals surface area contributed by atoms with E-state index >= 15 is 0 Å². The van der Waals surface area contributed by atoms with Crippen LogP contribution in [0.25, 0.3) is 0 Å². The predicted octanol–water partition coefficient (Wildman–Crippen LogP) is 0.266. The van der Waals surface area contributed by atoms with E-state index in [-0.39, 0.29) is 11.9 Å². The highest BCUT2D eigenvalue weighted by atomic mass is 32.1. The first kappa shape index (κ1) is 10.5. The molecule has 2 rings (SSSR count). The molecular formula is C9H14N4OS. The molecule has 2 heterocycles. The summed E-state index contributed by atoms with van der Waals surface area (Å²) >= 11 is 1.13. The van der Waals surface area contributed by atoms with Gasteiger partial charge in [-0.15, -0.1) is 5.10 Å². The summed E-state index contributed by atoms with van der Waals surface area (Å²) in [5.41, 5.74) is 0. The smallest absolute Gasteiger partial charge is 0.264 e. The second-order valence-electron chi connectivity index (χ2n) is 3.83. The average molecular weight is 226 g/mol. The lowest BCUT2D eigenvalue weighted by Crippen LogP contribution is -2.48. The summed E-state index contributed by atoms with van der Waals surface area (Å²) in [6.45, 7) is 4.07. The molecule has 1 aliphatic heterocycles. The fourth-order valence-corrected chi connectivity index (χ4v) is 2.15. The van der Waals surface area contributed by atoms with Gasteiger partial charge in [-0.2, -0.15) is 0 Å². The molecule has 0 radical (unpaired) electrons. The maximum absolute atomic E-state index is 11.7. The molecule has 2 atom stereocenters. The standard InChI is InChI=1S/C9H14N4OS/c1-6-4-10-3-2-7(6)12-9(14)8-5-11-13-15-8/h5-7,10H,2-4H2,1H3,(H,12,14). The van der Waals surface area contributed by atoms with Crippen molar-refractivity contribution in [1.82, 2.24) is 20.2 Å². The third-order valence-corrected chi connectivity index (χ3v) is 3.35. The van der Waals surface area contributed by atoms with Crippen molar-refractivity contribution in [2.24, 2.45) is 5.92 Å². The van der Waals surface area contributed by atoms with Crippen molar-refractivity contribution in [3.05, 3.63) is 11.1 Å². The van der Waals surface area contributed by atoms with Gasteiger partial charge in [0.05, 0.1) is 6.20 Å². The topological polar surface area (TPSA) is 66.9 Å². The summed E-state index contributed by atoms with van der Waals surface area (Å²) in [6, 6.07) is 0.265. The van der Waals surface area contributed by atoms with E-state index in [1.54, 1.807) is 0 Å². The monoisotopic (exact) mass is 226 g/mol. The molecule has 82 valence electrons. The molecule has 1 aromatic heterocycles. The molecule has 5 nitrogen and oxygen atoms in total. The molecule has 0 bridgehead atoms. The predicted molar refractivity (Wildman–Crippen MR) is 57.8 cm³/mol. The van der Waals surface area contributed by atoms with Crippen LogP contribution in [0.15, 0.2) is 6.20 Å². The summed E-state index contributed by atoms with van der Waals surface area (Å²) in [6.07, 6.45) is 2.49. The zero-order valence-corrected chi connectivity index (χ0v) is 9.38. The van der Waals surface area contributed by atoms with Crippen LogP contribution in [0.1, 0.15) is 23.0 Å². The molecule has 1 fully saturated rings. The number of carbonyl (C=O) groups excluding carboxylic acids is 1. The largest absolute Gasteiger partial charge is 0.348 e. The summed E-state index contributed by atoms with van der Waals surface area (Å²) < 4.78 is 3.67. The Balaban J connectivity index is 1.93. The first-order chi connectivity index (χ1) is 7.27. The Morgan fingerprint density at radius 3 is 3.27 bits per heavy atom. The Hall–Kier alpha value is -1.01. The average Bonchev–Trinajstić information content (AvgIpc) is 2.74. The van der Waals surface area contributed by atoms with Crippen LogP contribution in [0.5, 0.6) is 0 Å². The Morgan fingerprint density at radius 1 is 1.73 bits per heavy atom. The van der Waals surface area contributed by atoms with Crippen molar-refractivity contribution in [1.29, 1.82) is 0 Å². The Labute approximate surface area is 92.4 Å². The zero-order valence-electron chi connectivity index (χ0n) is 8.56. The number of rotatable bonds is 2. The molecule has 0 aliphatic carbocycles. The maximum Gasteiger partial charge on any atom is 0.264 e. The molecule has 1 saturated heterocycles. The maximum atomic E-state index is 11.7. The van der Waals surface area contributed by atoms with Crippen molar-refractivity contribution >= 4 is 17.4 Å².